The summed E-state index contributed by atoms with van der Waals surface area (Å²) in [4.78, 5) is 19.0. The molecule has 188 valence electrons. The smallest absolute Gasteiger partial charge is 0.253 e. The molecule has 1 aromatic heterocycles. The molecule has 2 aromatic carbocycles. The second-order valence-corrected chi connectivity index (χ2v) is 9.56. The summed E-state index contributed by atoms with van der Waals surface area (Å²) >= 11 is 0. The molecule has 0 saturated carbocycles. The van der Waals surface area contributed by atoms with Crippen LogP contribution in [0.4, 0.5) is 10.1 Å². The Kier molecular flexibility index (Phi) is 7.98. The van der Waals surface area contributed by atoms with Gasteiger partial charge in [-0.3, -0.25) is 9.79 Å². The molecule has 0 aliphatic heterocycles. The zero-order valence-electron chi connectivity index (χ0n) is 22.1. The number of nitrogens with zero attached hydrogens (tertiary/aromatic N) is 3. The number of allylic oxidation sites excluding steroid dienone is 2. The Hall–Kier alpha value is -3.93. The molecule has 0 spiro atoms. The molecule has 0 radical (unpaired) electrons. The molecule has 5 nitrogen and oxygen atoms in total. The van der Waals surface area contributed by atoms with Gasteiger partial charge in [-0.25, -0.2) is 4.39 Å². The Bertz CT molecular complexity index is 1420. The summed E-state index contributed by atoms with van der Waals surface area (Å²) in [6, 6.07) is 9.29. The van der Waals surface area contributed by atoms with Gasteiger partial charge in [-0.05, 0) is 74.2 Å². The fourth-order valence-corrected chi connectivity index (χ4v) is 4.14. The molecule has 2 N–H and O–H groups in total. The molecule has 0 unspecified atom stereocenters. The van der Waals surface area contributed by atoms with Crippen LogP contribution >= 0.6 is 0 Å². The number of hydrogen-bond donors (Lipinski definition) is 1. The number of carbonyl (C=O) groups excluding carboxylic acids is 1. The third kappa shape index (κ3) is 6.00. The van der Waals surface area contributed by atoms with Crippen molar-refractivity contribution >= 4 is 28.2 Å². The first-order valence-corrected chi connectivity index (χ1v) is 11.8. The van der Waals surface area contributed by atoms with E-state index in [4.69, 9.17) is 5.73 Å². The highest BCUT2D eigenvalue weighted by atomic mass is 19.1. The number of aryl methyl sites for hydroxylation is 3. The first-order chi connectivity index (χ1) is 16.9. The Labute approximate surface area is 213 Å². The van der Waals surface area contributed by atoms with Crippen molar-refractivity contribution in [3.05, 3.63) is 101 Å². The van der Waals surface area contributed by atoms with Gasteiger partial charge in [0.25, 0.3) is 5.91 Å². The molecule has 1 heterocycles. The highest BCUT2D eigenvalue weighted by Crippen LogP contribution is 2.25. The van der Waals surface area contributed by atoms with Gasteiger partial charge in [0.15, 0.2) is 0 Å². The lowest BCUT2D eigenvalue weighted by Gasteiger charge is -2.18. The Morgan fingerprint density at radius 3 is 2.50 bits per heavy atom. The van der Waals surface area contributed by atoms with Crippen LogP contribution < -0.4 is 5.73 Å². The predicted octanol–water partition coefficient (Wildman–Crippen LogP) is 6.20. The van der Waals surface area contributed by atoms with Gasteiger partial charge < -0.3 is 15.2 Å². The molecular formula is C30H35FN4O. The second-order valence-electron chi connectivity index (χ2n) is 9.56. The Morgan fingerprint density at radius 1 is 1.17 bits per heavy atom. The minimum Gasteiger partial charge on any atom is -0.402 e. The summed E-state index contributed by atoms with van der Waals surface area (Å²) in [5.41, 5.74) is 14.1. The van der Waals surface area contributed by atoms with Crippen molar-refractivity contribution in [1.82, 2.24) is 9.47 Å². The molecule has 0 saturated heterocycles. The van der Waals surface area contributed by atoms with Gasteiger partial charge in [-0.1, -0.05) is 25.3 Å². The van der Waals surface area contributed by atoms with Crippen LogP contribution in [-0.4, -0.2) is 28.1 Å². The standard InChI is InChI=1S/C30H35FN4O/c1-18(2)22(6)33-28-10-9-23(11-19(28)3)13-25(32)12-20(4)30(36)35(8)17-24-14-26-21(5)16-34(7)29(26)15-27(24)31/h9-12,14-16H,1,4,13,17,32H2,2-3,5-8H3/b25-12-,33-22?. The van der Waals surface area contributed by atoms with E-state index >= 15 is 0 Å². The summed E-state index contributed by atoms with van der Waals surface area (Å²) in [5, 5.41) is 0.972. The van der Waals surface area contributed by atoms with Crippen LogP contribution in [0.1, 0.15) is 36.1 Å². The fourth-order valence-electron chi connectivity index (χ4n) is 4.14. The quantitative estimate of drug-likeness (QED) is 0.234. The van der Waals surface area contributed by atoms with Crippen molar-refractivity contribution in [2.75, 3.05) is 7.05 Å². The average Bonchev–Trinajstić information content (AvgIpc) is 3.07. The van der Waals surface area contributed by atoms with E-state index in [0.717, 1.165) is 44.6 Å². The number of aromatic nitrogens is 1. The van der Waals surface area contributed by atoms with Crippen molar-refractivity contribution in [3.63, 3.8) is 0 Å². The second kappa shape index (κ2) is 10.8. The zero-order valence-corrected chi connectivity index (χ0v) is 22.1. The van der Waals surface area contributed by atoms with Crippen molar-refractivity contribution in [2.45, 2.75) is 40.7 Å². The number of hydrogen-bond acceptors (Lipinski definition) is 3. The SMILES string of the molecule is C=C(C)C(C)=Nc1ccc(C/C(N)=C/C(=C)C(=O)N(C)Cc2cc3c(C)cn(C)c3cc2F)cc1C. The van der Waals surface area contributed by atoms with Gasteiger partial charge >= 0.3 is 0 Å². The summed E-state index contributed by atoms with van der Waals surface area (Å²) in [6.07, 6.45) is 4.02. The van der Waals surface area contributed by atoms with Crippen LogP contribution in [-0.2, 0) is 24.8 Å². The summed E-state index contributed by atoms with van der Waals surface area (Å²) in [7, 11) is 3.52. The van der Waals surface area contributed by atoms with Gasteiger partial charge in [0.2, 0.25) is 0 Å². The molecule has 0 fully saturated rings. The number of halogens is 1. The maximum atomic E-state index is 14.7. The molecule has 6 heteroatoms. The molecule has 1 amide bonds. The van der Waals surface area contributed by atoms with Crippen LogP contribution in [0.25, 0.3) is 10.9 Å². The van der Waals surface area contributed by atoms with Crippen LogP contribution in [0.2, 0.25) is 0 Å². The maximum absolute atomic E-state index is 14.7. The summed E-state index contributed by atoms with van der Waals surface area (Å²) < 4.78 is 16.6. The number of benzene rings is 2. The lowest BCUT2D eigenvalue weighted by atomic mass is 10.0. The number of rotatable bonds is 8. The highest BCUT2D eigenvalue weighted by Gasteiger charge is 2.16. The van der Waals surface area contributed by atoms with Crippen molar-refractivity contribution in [3.8, 4) is 0 Å². The molecule has 0 bridgehead atoms. The van der Waals surface area contributed by atoms with Crippen LogP contribution in [0, 0.1) is 19.7 Å². The van der Waals surface area contributed by atoms with Gasteiger partial charge in [0.1, 0.15) is 5.82 Å². The number of amides is 1. The van der Waals surface area contributed by atoms with E-state index in [1.54, 1.807) is 13.1 Å². The molecule has 3 rings (SSSR count). The average molecular weight is 487 g/mol. The van der Waals surface area contributed by atoms with E-state index in [-0.39, 0.29) is 23.8 Å². The third-order valence-electron chi connectivity index (χ3n) is 6.32. The van der Waals surface area contributed by atoms with Crippen molar-refractivity contribution < 1.29 is 9.18 Å². The zero-order chi connectivity index (χ0) is 26.7. The van der Waals surface area contributed by atoms with Gasteiger partial charge in [-0.2, -0.15) is 0 Å². The summed E-state index contributed by atoms with van der Waals surface area (Å²) in [6.45, 7) is 15.8. The van der Waals surface area contributed by atoms with E-state index in [9.17, 15) is 9.18 Å². The lowest BCUT2D eigenvalue weighted by Crippen LogP contribution is -2.27. The normalized spacial score (nSPS) is 12.2. The Morgan fingerprint density at radius 2 is 1.86 bits per heavy atom. The molecule has 0 atom stereocenters. The van der Waals surface area contributed by atoms with Gasteiger partial charge in [0, 0.05) is 61.2 Å². The highest BCUT2D eigenvalue weighted by molar-refractivity contribution is 5.99. The largest absolute Gasteiger partial charge is 0.402 e. The summed E-state index contributed by atoms with van der Waals surface area (Å²) in [5.74, 6) is -0.649. The Balaban J connectivity index is 1.69. The third-order valence-corrected chi connectivity index (χ3v) is 6.32. The van der Waals surface area contributed by atoms with Gasteiger partial charge in [0.05, 0.1) is 11.2 Å². The predicted molar refractivity (Wildman–Crippen MR) is 148 cm³/mol. The van der Waals surface area contributed by atoms with Crippen LogP contribution in [0.15, 0.2) is 77.6 Å². The van der Waals surface area contributed by atoms with E-state index in [2.05, 4.69) is 18.2 Å². The van der Waals surface area contributed by atoms with Gasteiger partial charge in [-0.15, -0.1) is 0 Å². The van der Waals surface area contributed by atoms with E-state index in [0.29, 0.717) is 17.7 Å². The van der Waals surface area contributed by atoms with E-state index in [1.807, 2.05) is 69.8 Å². The number of carbonyl (C=O) groups is 1. The first kappa shape index (κ1) is 26.7. The topological polar surface area (TPSA) is 63.6 Å². The number of fused-ring (bicyclic) bond motifs is 1. The molecular weight excluding hydrogens is 451 g/mol. The van der Waals surface area contributed by atoms with Crippen LogP contribution in [0.5, 0.6) is 0 Å². The molecule has 36 heavy (non-hydrogen) atoms. The monoisotopic (exact) mass is 486 g/mol. The van der Waals surface area contributed by atoms with Crippen molar-refractivity contribution in [2.24, 2.45) is 17.8 Å². The maximum Gasteiger partial charge on any atom is 0.253 e. The number of likely N-dealkylation sites (N-methyl/N-ethyl adjacent to an activating group) is 1. The molecule has 0 aliphatic carbocycles. The first-order valence-electron chi connectivity index (χ1n) is 11.8. The van der Waals surface area contributed by atoms with E-state index in [1.165, 1.54) is 11.0 Å². The lowest BCUT2D eigenvalue weighted by molar-refractivity contribution is -0.126. The number of aliphatic imine (C=N–C) groups is 1. The minimum atomic E-state index is -0.342. The molecule has 3 aromatic rings. The minimum absolute atomic E-state index is 0.131. The van der Waals surface area contributed by atoms with Crippen molar-refractivity contribution in [1.29, 1.82) is 0 Å². The van der Waals surface area contributed by atoms with Crippen LogP contribution in [0.3, 0.4) is 0 Å². The van der Waals surface area contributed by atoms with E-state index < -0.39 is 0 Å². The molecule has 0 aliphatic rings. The number of nitrogens with two attached hydrogens (primary N) is 1. The fraction of sp³-hybridized carbons (Fsp3) is 0.267.